The maximum atomic E-state index is 12.1. The highest BCUT2D eigenvalue weighted by Gasteiger charge is 2.34. The fraction of sp³-hybridized carbons (Fsp3) is 0.667. The maximum absolute atomic E-state index is 12.1. The van der Waals surface area contributed by atoms with E-state index in [1.54, 1.807) is 0 Å². The summed E-state index contributed by atoms with van der Waals surface area (Å²) in [6, 6.07) is -0.266. The van der Waals surface area contributed by atoms with E-state index < -0.39 is 10.0 Å². The number of amides is 1. The lowest BCUT2D eigenvalue weighted by molar-refractivity contribution is -0.114. The molecule has 1 unspecified atom stereocenters. The molecule has 0 aliphatic heterocycles. The Hall–Kier alpha value is -1.10. The van der Waals surface area contributed by atoms with E-state index in [0.29, 0.717) is 5.92 Å². The number of sulfonamides is 1. The lowest BCUT2D eigenvalue weighted by Crippen LogP contribution is -2.41. The second kappa shape index (κ2) is 5.49. The average Bonchev–Trinajstić information content (AvgIpc) is 3.06. The van der Waals surface area contributed by atoms with Crippen molar-refractivity contribution in [1.29, 1.82) is 0 Å². The molecule has 10 heteroatoms. The molecule has 1 heterocycles. The highest BCUT2D eigenvalue weighted by Crippen LogP contribution is 2.33. The Balaban J connectivity index is 2.10. The lowest BCUT2D eigenvalue weighted by atomic mass is 10.2. The van der Waals surface area contributed by atoms with E-state index in [4.69, 9.17) is 5.73 Å². The molecule has 1 aromatic heterocycles. The van der Waals surface area contributed by atoms with E-state index >= 15 is 0 Å². The second-order valence-electron chi connectivity index (χ2n) is 4.36. The van der Waals surface area contributed by atoms with Gasteiger partial charge >= 0.3 is 0 Å². The molecule has 1 fully saturated rings. The zero-order valence-electron chi connectivity index (χ0n) is 10.3. The number of hydrogen-bond acceptors (Lipinski definition) is 7. The third-order valence-electron chi connectivity index (χ3n) is 2.67. The quantitative estimate of drug-likeness (QED) is 0.609. The van der Waals surface area contributed by atoms with Crippen molar-refractivity contribution in [2.75, 3.05) is 11.9 Å². The Kier molecular flexibility index (Phi) is 4.13. The highest BCUT2D eigenvalue weighted by atomic mass is 32.2. The molecule has 0 saturated heterocycles. The van der Waals surface area contributed by atoms with E-state index in [2.05, 4.69) is 20.2 Å². The molecule has 0 aromatic carbocycles. The number of nitrogens with one attached hydrogen (secondary N) is 2. The fourth-order valence-electron chi connectivity index (χ4n) is 1.60. The lowest BCUT2D eigenvalue weighted by Gasteiger charge is -2.14. The van der Waals surface area contributed by atoms with Crippen molar-refractivity contribution >= 4 is 32.4 Å². The largest absolute Gasteiger partial charge is 0.329 e. The summed E-state index contributed by atoms with van der Waals surface area (Å²) >= 11 is 0.807. The van der Waals surface area contributed by atoms with Crippen LogP contribution in [0, 0.1) is 5.92 Å². The van der Waals surface area contributed by atoms with Gasteiger partial charge in [-0.2, -0.15) is 0 Å². The van der Waals surface area contributed by atoms with Gasteiger partial charge in [-0.25, -0.2) is 13.1 Å². The van der Waals surface area contributed by atoms with Gasteiger partial charge in [-0.05, 0) is 18.8 Å². The van der Waals surface area contributed by atoms with Crippen LogP contribution in [0.25, 0.3) is 0 Å². The van der Waals surface area contributed by atoms with Gasteiger partial charge in [0.2, 0.25) is 15.4 Å². The molecular formula is C9H15N5O3S2. The van der Waals surface area contributed by atoms with Crippen molar-refractivity contribution in [3.05, 3.63) is 0 Å². The molecular weight excluding hydrogens is 290 g/mol. The van der Waals surface area contributed by atoms with Crippen LogP contribution in [0.3, 0.4) is 0 Å². The second-order valence-corrected chi connectivity index (χ2v) is 7.22. The van der Waals surface area contributed by atoms with E-state index in [1.807, 2.05) is 0 Å². The molecule has 106 valence electrons. The summed E-state index contributed by atoms with van der Waals surface area (Å²) < 4.78 is 26.5. The van der Waals surface area contributed by atoms with Crippen LogP contribution in [0.5, 0.6) is 0 Å². The topological polar surface area (TPSA) is 127 Å². The third kappa shape index (κ3) is 3.69. The van der Waals surface area contributed by atoms with Crippen molar-refractivity contribution in [3.8, 4) is 0 Å². The van der Waals surface area contributed by atoms with Gasteiger partial charge in [-0.1, -0.05) is 11.3 Å². The average molecular weight is 305 g/mol. The molecule has 1 saturated carbocycles. The smallest absolute Gasteiger partial charge is 0.270 e. The minimum absolute atomic E-state index is 0.156. The van der Waals surface area contributed by atoms with E-state index in [-0.39, 0.29) is 28.0 Å². The van der Waals surface area contributed by atoms with Crippen molar-refractivity contribution in [3.63, 3.8) is 0 Å². The molecule has 1 aliphatic carbocycles. The van der Waals surface area contributed by atoms with Gasteiger partial charge in [0.1, 0.15) is 0 Å². The van der Waals surface area contributed by atoms with Crippen LogP contribution in [0.15, 0.2) is 4.34 Å². The molecule has 4 N–H and O–H groups in total. The summed E-state index contributed by atoms with van der Waals surface area (Å²) in [5.74, 6) is -0.0200. The predicted molar refractivity (Wildman–Crippen MR) is 70.1 cm³/mol. The summed E-state index contributed by atoms with van der Waals surface area (Å²) in [7, 11) is -3.73. The maximum Gasteiger partial charge on any atom is 0.270 e. The first-order chi connectivity index (χ1) is 8.92. The van der Waals surface area contributed by atoms with Crippen LogP contribution in [0.4, 0.5) is 5.13 Å². The summed E-state index contributed by atoms with van der Waals surface area (Å²) in [6.07, 6.45) is 1.97. The number of nitrogens with zero attached hydrogens (tertiary/aromatic N) is 2. The van der Waals surface area contributed by atoms with Crippen LogP contribution in [-0.4, -0.2) is 37.1 Å². The standard InChI is InChI=1S/C9H15N5O3S2/c1-5(15)11-8-12-13-9(18-8)19(16,17)14-7(4-10)6-2-3-6/h6-7,14H,2-4,10H2,1H3,(H,11,12,15). The number of nitrogens with two attached hydrogens (primary N) is 1. The number of hydrogen-bond donors (Lipinski definition) is 3. The summed E-state index contributed by atoms with van der Waals surface area (Å²) in [5, 5.41) is 9.72. The molecule has 1 amide bonds. The number of anilines is 1. The van der Waals surface area contributed by atoms with Crippen LogP contribution in [0.1, 0.15) is 19.8 Å². The van der Waals surface area contributed by atoms with E-state index in [0.717, 1.165) is 24.2 Å². The monoisotopic (exact) mass is 305 g/mol. The van der Waals surface area contributed by atoms with Gasteiger partial charge in [-0.15, -0.1) is 10.2 Å². The molecule has 0 spiro atoms. The molecule has 1 aromatic rings. The molecule has 19 heavy (non-hydrogen) atoms. The van der Waals surface area contributed by atoms with Crippen molar-refractivity contribution in [2.45, 2.75) is 30.1 Å². The first-order valence-corrected chi connectivity index (χ1v) is 8.06. The molecule has 1 atom stereocenters. The van der Waals surface area contributed by atoms with Crippen LogP contribution < -0.4 is 15.8 Å². The van der Waals surface area contributed by atoms with Crippen molar-refractivity contribution < 1.29 is 13.2 Å². The zero-order chi connectivity index (χ0) is 14.0. The predicted octanol–water partition coefficient (Wildman–Crippen LogP) is -0.488. The first-order valence-electron chi connectivity index (χ1n) is 5.76. The molecule has 0 bridgehead atoms. The Morgan fingerprint density at radius 3 is 2.74 bits per heavy atom. The summed E-state index contributed by atoms with van der Waals surface area (Å²) in [6.45, 7) is 1.56. The molecule has 8 nitrogen and oxygen atoms in total. The van der Waals surface area contributed by atoms with Gasteiger partial charge in [0.05, 0.1) is 0 Å². The minimum atomic E-state index is -3.73. The molecule has 1 aliphatic rings. The fourth-order valence-corrected chi connectivity index (χ4v) is 3.88. The van der Waals surface area contributed by atoms with E-state index in [9.17, 15) is 13.2 Å². The molecule has 2 rings (SSSR count). The van der Waals surface area contributed by atoms with Crippen molar-refractivity contribution in [1.82, 2.24) is 14.9 Å². The Morgan fingerprint density at radius 1 is 1.53 bits per heavy atom. The van der Waals surface area contributed by atoms with Gasteiger partial charge < -0.3 is 11.1 Å². The van der Waals surface area contributed by atoms with Gasteiger partial charge in [0, 0.05) is 19.5 Å². The normalized spacial score (nSPS) is 17.2. The van der Waals surface area contributed by atoms with E-state index in [1.165, 1.54) is 6.92 Å². The Labute approximate surface area is 114 Å². The summed E-state index contributed by atoms with van der Waals surface area (Å²) in [4.78, 5) is 10.8. The zero-order valence-corrected chi connectivity index (χ0v) is 11.9. The Morgan fingerprint density at radius 2 is 2.21 bits per heavy atom. The van der Waals surface area contributed by atoms with Gasteiger partial charge in [-0.3, -0.25) is 4.79 Å². The first kappa shape index (κ1) is 14.3. The highest BCUT2D eigenvalue weighted by molar-refractivity contribution is 7.91. The number of aromatic nitrogens is 2. The molecule has 0 radical (unpaired) electrons. The minimum Gasteiger partial charge on any atom is -0.329 e. The SMILES string of the molecule is CC(=O)Nc1nnc(S(=O)(=O)NC(CN)C2CC2)s1. The van der Waals surface area contributed by atoms with Crippen LogP contribution >= 0.6 is 11.3 Å². The number of rotatable bonds is 6. The number of carbonyl (C=O) groups excluding carboxylic acids is 1. The van der Waals surface area contributed by atoms with Crippen LogP contribution in [-0.2, 0) is 14.8 Å². The third-order valence-corrected chi connectivity index (χ3v) is 5.37. The number of carbonyl (C=O) groups is 1. The van der Waals surface area contributed by atoms with Gasteiger partial charge in [0.25, 0.3) is 10.0 Å². The van der Waals surface area contributed by atoms with Gasteiger partial charge in [0.15, 0.2) is 0 Å². The van der Waals surface area contributed by atoms with Crippen LogP contribution in [0.2, 0.25) is 0 Å². The Bertz CT molecular complexity index is 566. The van der Waals surface area contributed by atoms with Crippen molar-refractivity contribution in [2.24, 2.45) is 11.7 Å². The summed E-state index contributed by atoms with van der Waals surface area (Å²) in [5.41, 5.74) is 5.55.